The number of rotatable bonds is 5. The summed E-state index contributed by atoms with van der Waals surface area (Å²) in [6.07, 6.45) is 2.48. The molecule has 5 heteroatoms. The SMILES string of the molecule is CCc1ccc(/C=N\N2C(=O)NC(c3ccccc3)(c3ccccc3)C2=O)cc1. The average molecular weight is 383 g/mol. The Morgan fingerprint density at radius 3 is 1.93 bits per heavy atom. The number of hydrogen-bond acceptors (Lipinski definition) is 3. The molecule has 0 radical (unpaired) electrons. The molecule has 0 aromatic heterocycles. The maximum Gasteiger partial charge on any atom is 0.346 e. The van der Waals surface area contributed by atoms with E-state index in [4.69, 9.17) is 0 Å². The van der Waals surface area contributed by atoms with Gasteiger partial charge in [0.15, 0.2) is 5.54 Å². The molecule has 144 valence electrons. The van der Waals surface area contributed by atoms with Crippen molar-refractivity contribution in [2.75, 3.05) is 0 Å². The molecule has 3 amide bonds. The number of urea groups is 1. The third-order valence-electron chi connectivity index (χ3n) is 5.12. The summed E-state index contributed by atoms with van der Waals surface area (Å²) in [7, 11) is 0. The van der Waals surface area contributed by atoms with Gasteiger partial charge in [-0.05, 0) is 28.7 Å². The molecule has 0 aliphatic carbocycles. The lowest BCUT2D eigenvalue weighted by Gasteiger charge is -2.27. The van der Waals surface area contributed by atoms with Crippen LogP contribution >= 0.6 is 0 Å². The molecule has 1 fully saturated rings. The van der Waals surface area contributed by atoms with E-state index in [9.17, 15) is 9.59 Å². The fourth-order valence-electron chi connectivity index (χ4n) is 3.52. The Labute approximate surface area is 169 Å². The third kappa shape index (κ3) is 3.31. The minimum absolute atomic E-state index is 0.429. The van der Waals surface area contributed by atoms with Crippen molar-refractivity contribution >= 4 is 18.2 Å². The zero-order valence-electron chi connectivity index (χ0n) is 16.1. The zero-order chi connectivity index (χ0) is 20.3. The van der Waals surface area contributed by atoms with Crippen LogP contribution in [0.3, 0.4) is 0 Å². The number of benzene rings is 3. The molecule has 1 aliphatic rings. The maximum absolute atomic E-state index is 13.5. The summed E-state index contributed by atoms with van der Waals surface area (Å²) in [4.78, 5) is 26.2. The number of carbonyl (C=O) groups is 2. The molecule has 0 unspecified atom stereocenters. The molecule has 0 spiro atoms. The van der Waals surface area contributed by atoms with Crippen LogP contribution in [0.4, 0.5) is 4.79 Å². The molecule has 1 heterocycles. The highest BCUT2D eigenvalue weighted by atomic mass is 16.2. The molecule has 3 aromatic rings. The number of hydrogen-bond donors (Lipinski definition) is 1. The fraction of sp³-hybridized carbons (Fsp3) is 0.125. The molecule has 0 atom stereocenters. The van der Waals surface area contributed by atoms with Crippen molar-refractivity contribution in [1.82, 2.24) is 10.3 Å². The van der Waals surface area contributed by atoms with Crippen LogP contribution in [0, 0.1) is 0 Å². The fourth-order valence-corrected chi connectivity index (χ4v) is 3.52. The van der Waals surface area contributed by atoms with E-state index in [1.807, 2.05) is 84.9 Å². The summed E-state index contributed by atoms with van der Waals surface area (Å²) in [6.45, 7) is 2.09. The van der Waals surface area contributed by atoms with E-state index >= 15 is 0 Å². The van der Waals surface area contributed by atoms with Gasteiger partial charge in [0, 0.05) is 0 Å². The van der Waals surface area contributed by atoms with E-state index in [-0.39, 0.29) is 0 Å². The predicted octanol–water partition coefficient (Wildman–Crippen LogP) is 4.08. The number of amides is 3. The van der Waals surface area contributed by atoms with Crippen molar-refractivity contribution in [1.29, 1.82) is 0 Å². The average Bonchev–Trinajstić information content (AvgIpc) is 3.04. The van der Waals surface area contributed by atoms with Crippen LogP contribution in [0.15, 0.2) is 90.0 Å². The molecule has 1 saturated heterocycles. The van der Waals surface area contributed by atoms with Crippen molar-refractivity contribution in [2.24, 2.45) is 5.10 Å². The Morgan fingerprint density at radius 1 is 0.862 bits per heavy atom. The van der Waals surface area contributed by atoms with Crippen LogP contribution in [0.1, 0.15) is 29.2 Å². The van der Waals surface area contributed by atoms with E-state index in [0.717, 1.165) is 17.0 Å². The second kappa shape index (κ2) is 7.72. The van der Waals surface area contributed by atoms with Gasteiger partial charge in [-0.15, -0.1) is 5.01 Å². The number of nitrogens with zero attached hydrogens (tertiary/aromatic N) is 2. The molecular formula is C24H21N3O2. The highest BCUT2D eigenvalue weighted by molar-refractivity contribution is 6.09. The molecular weight excluding hydrogens is 362 g/mol. The molecule has 3 aromatic carbocycles. The van der Waals surface area contributed by atoms with E-state index in [2.05, 4.69) is 17.3 Å². The van der Waals surface area contributed by atoms with Gasteiger partial charge >= 0.3 is 6.03 Å². The van der Waals surface area contributed by atoms with Crippen LogP contribution in [0.5, 0.6) is 0 Å². The summed E-state index contributed by atoms with van der Waals surface area (Å²) < 4.78 is 0. The van der Waals surface area contributed by atoms with Crippen molar-refractivity contribution in [3.8, 4) is 0 Å². The quantitative estimate of drug-likeness (QED) is 0.533. The second-order valence-corrected chi connectivity index (χ2v) is 6.87. The Morgan fingerprint density at radius 2 is 1.41 bits per heavy atom. The first-order chi connectivity index (χ1) is 14.1. The lowest BCUT2D eigenvalue weighted by atomic mass is 9.83. The largest absolute Gasteiger partial charge is 0.346 e. The minimum Gasteiger partial charge on any atom is -0.314 e. The number of carbonyl (C=O) groups excluding carboxylic acids is 2. The van der Waals surface area contributed by atoms with E-state index in [1.54, 1.807) is 0 Å². The van der Waals surface area contributed by atoms with Gasteiger partial charge in [0.25, 0.3) is 5.91 Å². The Hall–Kier alpha value is -3.73. The van der Waals surface area contributed by atoms with Crippen molar-refractivity contribution < 1.29 is 9.59 Å². The van der Waals surface area contributed by atoms with Gasteiger partial charge in [-0.1, -0.05) is 91.9 Å². The maximum atomic E-state index is 13.5. The monoisotopic (exact) mass is 383 g/mol. The Balaban J connectivity index is 1.72. The van der Waals surface area contributed by atoms with E-state index in [0.29, 0.717) is 11.1 Å². The summed E-state index contributed by atoms with van der Waals surface area (Å²) >= 11 is 0. The summed E-state index contributed by atoms with van der Waals surface area (Å²) in [5.41, 5.74) is 2.11. The number of hydrazone groups is 1. The Bertz CT molecular complexity index is 1010. The zero-order valence-corrected chi connectivity index (χ0v) is 16.1. The van der Waals surface area contributed by atoms with Gasteiger partial charge in [-0.25, -0.2) is 4.79 Å². The van der Waals surface area contributed by atoms with E-state index < -0.39 is 17.5 Å². The van der Waals surface area contributed by atoms with Crippen molar-refractivity contribution in [3.05, 3.63) is 107 Å². The highest BCUT2D eigenvalue weighted by Crippen LogP contribution is 2.36. The number of nitrogens with one attached hydrogen (secondary N) is 1. The first-order valence-electron chi connectivity index (χ1n) is 9.56. The standard InChI is InChI=1S/C24H21N3O2/c1-2-18-13-15-19(16-14-18)17-25-27-22(28)24(26-23(27)29,20-9-5-3-6-10-20)21-11-7-4-8-12-21/h3-17H,2H2,1H3,(H,26,29)/b25-17-. The van der Waals surface area contributed by atoms with Crippen molar-refractivity contribution in [2.45, 2.75) is 18.9 Å². The summed E-state index contributed by atoms with van der Waals surface area (Å²) in [6, 6.07) is 25.8. The van der Waals surface area contributed by atoms with Gasteiger partial charge in [-0.3, -0.25) is 4.79 Å². The lowest BCUT2D eigenvalue weighted by Crippen LogP contribution is -2.44. The molecule has 0 bridgehead atoms. The van der Waals surface area contributed by atoms with Crippen LogP contribution in [0.2, 0.25) is 0 Å². The van der Waals surface area contributed by atoms with Gasteiger partial charge in [0.1, 0.15) is 0 Å². The van der Waals surface area contributed by atoms with Gasteiger partial charge in [0.2, 0.25) is 0 Å². The smallest absolute Gasteiger partial charge is 0.314 e. The molecule has 0 saturated carbocycles. The first-order valence-corrected chi connectivity index (χ1v) is 9.56. The molecule has 1 aliphatic heterocycles. The summed E-state index contributed by atoms with van der Waals surface area (Å²) in [5, 5.41) is 7.99. The molecule has 4 rings (SSSR count). The molecule has 1 N–H and O–H groups in total. The van der Waals surface area contributed by atoms with Crippen molar-refractivity contribution in [3.63, 3.8) is 0 Å². The lowest BCUT2D eigenvalue weighted by molar-refractivity contribution is -0.130. The normalized spacial score (nSPS) is 15.7. The molecule has 5 nitrogen and oxygen atoms in total. The van der Waals surface area contributed by atoms with Gasteiger partial charge < -0.3 is 5.32 Å². The molecule has 29 heavy (non-hydrogen) atoms. The second-order valence-electron chi connectivity index (χ2n) is 6.87. The van der Waals surface area contributed by atoms with Crippen LogP contribution in [0.25, 0.3) is 0 Å². The van der Waals surface area contributed by atoms with Gasteiger partial charge in [-0.2, -0.15) is 5.10 Å². The minimum atomic E-state index is -1.30. The van der Waals surface area contributed by atoms with Crippen LogP contribution < -0.4 is 5.32 Å². The number of imide groups is 1. The predicted molar refractivity (Wildman–Crippen MR) is 112 cm³/mol. The van der Waals surface area contributed by atoms with E-state index in [1.165, 1.54) is 11.8 Å². The number of aryl methyl sites for hydroxylation is 1. The third-order valence-corrected chi connectivity index (χ3v) is 5.12. The van der Waals surface area contributed by atoms with Crippen LogP contribution in [-0.4, -0.2) is 23.2 Å². The Kier molecular flexibility index (Phi) is 4.96. The highest BCUT2D eigenvalue weighted by Gasteiger charge is 2.54. The first kappa shape index (κ1) is 18.6. The topological polar surface area (TPSA) is 61.8 Å². The van der Waals surface area contributed by atoms with Crippen LogP contribution in [-0.2, 0) is 16.8 Å². The van der Waals surface area contributed by atoms with Gasteiger partial charge in [0.05, 0.1) is 6.21 Å². The summed E-state index contributed by atoms with van der Waals surface area (Å²) in [5.74, 6) is -0.429.